The van der Waals surface area contributed by atoms with Crippen molar-refractivity contribution in [1.82, 2.24) is 4.72 Å². The van der Waals surface area contributed by atoms with Crippen LogP contribution in [0.2, 0.25) is 10.0 Å². The molecule has 1 aromatic carbocycles. The molecule has 0 saturated carbocycles. The molecule has 1 aromatic rings. The van der Waals surface area contributed by atoms with Crippen molar-refractivity contribution in [2.75, 3.05) is 23.7 Å². The van der Waals surface area contributed by atoms with Crippen molar-refractivity contribution in [1.29, 1.82) is 0 Å². The largest absolute Gasteiger partial charge is 0.311 e. The molecule has 0 saturated heterocycles. The molecule has 0 aliphatic carbocycles. The minimum Gasteiger partial charge on any atom is -0.311 e. The van der Waals surface area contributed by atoms with Crippen molar-refractivity contribution in [3.05, 3.63) is 28.2 Å². The molecule has 0 bridgehead atoms. The maximum atomic E-state index is 11.7. The summed E-state index contributed by atoms with van der Waals surface area (Å²) in [6, 6.07) is 4.78. The Labute approximate surface area is 135 Å². The van der Waals surface area contributed by atoms with Gasteiger partial charge in [0.05, 0.1) is 5.75 Å². The third-order valence-electron chi connectivity index (χ3n) is 2.67. The predicted octanol–water partition coefficient (Wildman–Crippen LogP) is 2.68. The fraction of sp³-hybridized carbons (Fsp3) is 0.462. The van der Waals surface area contributed by atoms with Gasteiger partial charge in [0.2, 0.25) is 15.9 Å². The summed E-state index contributed by atoms with van der Waals surface area (Å²) >= 11 is 11.8. The van der Waals surface area contributed by atoms with Gasteiger partial charge in [-0.05, 0) is 24.6 Å². The van der Waals surface area contributed by atoms with Crippen LogP contribution in [0.1, 0.15) is 20.3 Å². The molecule has 1 rings (SSSR count). The molecule has 0 aromatic heterocycles. The first-order chi connectivity index (χ1) is 9.75. The van der Waals surface area contributed by atoms with E-state index in [4.69, 9.17) is 23.2 Å². The summed E-state index contributed by atoms with van der Waals surface area (Å²) in [4.78, 5) is 13.1. The Morgan fingerprint density at radius 1 is 1.24 bits per heavy atom. The molecule has 1 N–H and O–H groups in total. The lowest BCUT2D eigenvalue weighted by atomic mass is 10.3. The van der Waals surface area contributed by atoms with Crippen LogP contribution in [-0.4, -0.2) is 33.2 Å². The van der Waals surface area contributed by atoms with E-state index in [9.17, 15) is 13.2 Å². The van der Waals surface area contributed by atoms with Crippen molar-refractivity contribution >= 4 is 44.8 Å². The molecule has 118 valence electrons. The Morgan fingerprint density at radius 2 is 1.81 bits per heavy atom. The molecule has 1 amide bonds. The van der Waals surface area contributed by atoms with E-state index in [-0.39, 0.29) is 24.7 Å². The monoisotopic (exact) mass is 352 g/mol. The van der Waals surface area contributed by atoms with Crippen LogP contribution in [0.15, 0.2) is 18.2 Å². The Morgan fingerprint density at radius 3 is 2.29 bits per heavy atom. The van der Waals surface area contributed by atoms with E-state index in [1.165, 1.54) is 11.8 Å². The van der Waals surface area contributed by atoms with Crippen LogP contribution < -0.4 is 9.62 Å². The number of carbonyl (C=O) groups excluding carboxylic acids is 1. The van der Waals surface area contributed by atoms with Crippen LogP contribution in [0.25, 0.3) is 0 Å². The van der Waals surface area contributed by atoms with Gasteiger partial charge in [-0.3, -0.25) is 4.79 Å². The van der Waals surface area contributed by atoms with Gasteiger partial charge in [0.25, 0.3) is 0 Å². The third kappa shape index (κ3) is 6.22. The molecule has 8 heteroatoms. The Bertz CT molecular complexity index is 585. The first kappa shape index (κ1) is 18.2. The smallest absolute Gasteiger partial charge is 0.223 e. The second kappa shape index (κ2) is 7.98. The first-order valence-corrected chi connectivity index (χ1v) is 8.87. The summed E-state index contributed by atoms with van der Waals surface area (Å²) < 4.78 is 25.6. The first-order valence-electron chi connectivity index (χ1n) is 6.46. The van der Waals surface area contributed by atoms with Crippen molar-refractivity contribution in [3.8, 4) is 0 Å². The molecule has 21 heavy (non-hydrogen) atoms. The van der Waals surface area contributed by atoms with Gasteiger partial charge in [0.15, 0.2) is 0 Å². The number of sulfonamides is 1. The van der Waals surface area contributed by atoms with E-state index in [1.54, 1.807) is 25.1 Å². The molecule has 0 atom stereocenters. The average Bonchev–Trinajstić information content (AvgIpc) is 2.32. The number of benzene rings is 1. The van der Waals surface area contributed by atoms with E-state index in [2.05, 4.69) is 4.72 Å². The highest BCUT2D eigenvalue weighted by atomic mass is 35.5. The zero-order valence-corrected chi connectivity index (χ0v) is 14.2. The van der Waals surface area contributed by atoms with Crippen LogP contribution in [0, 0.1) is 0 Å². The van der Waals surface area contributed by atoms with Crippen LogP contribution in [-0.2, 0) is 14.8 Å². The number of hydrogen-bond acceptors (Lipinski definition) is 3. The molecule has 0 aliphatic rings. The number of anilines is 1. The number of halogens is 2. The molecule has 0 unspecified atom stereocenters. The highest BCUT2D eigenvalue weighted by Gasteiger charge is 2.14. The quantitative estimate of drug-likeness (QED) is 0.820. The maximum absolute atomic E-state index is 11.7. The molecular formula is C13H18Cl2N2O3S. The van der Waals surface area contributed by atoms with Crippen molar-refractivity contribution in [3.63, 3.8) is 0 Å². The summed E-state index contributed by atoms with van der Waals surface area (Å²) in [5.41, 5.74) is 0.537. The molecular weight excluding hydrogens is 335 g/mol. The molecule has 0 radical (unpaired) electrons. The lowest BCUT2D eigenvalue weighted by Crippen LogP contribution is -2.38. The summed E-state index contributed by atoms with van der Waals surface area (Å²) in [5, 5.41) is 0.825. The van der Waals surface area contributed by atoms with Crippen molar-refractivity contribution in [2.24, 2.45) is 0 Å². The van der Waals surface area contributed by atoms with E-state index in [0.717, 1.165) is 0 Å². The molecule has 0 heterocycles. The van der Waals surface area contributed by atoms with Gasteiger partial charge < -0.3 is 4.90 Å². The zero-order valence-electron chi connectivity index (χ0n) is 11.9. The molecule has 5 nitrogen and oxygen atoms in total. The molecule has 0 aliphatic heterocycles. The normalized spacial score (nSPS) is 11.4. The van der Waals surface area contributed by atoms with Gasteiger partial charge in [0.1, 0.15) is 0 Å². The minimum absolute atomic E-state index is 0.0655. The number of carbonyl (C=O) groups is 1. The fourth-order valence-corrected chi connectivity index (χ4v) is 3.42. The van der Waals surface area contributed by atoms with Gasteiger partial charge in [-0.25, -0.2) is 13.1 Å². The lowest BCUT2D eigenvalue weighted by molar-refractivity contribution is -0.116. The highest BCUT2D eigenvalue weighted by Crippen LogP contribution is 2.25. The second-order valence-corrected chi connectivity index (χ2v) is 7.31. The fourth-order valence-electron chi connectivity index (χ4n) is 1.82. The number of amides is 1. The zero-order chi connectivity index (χ0) is 16.0. The average molecular weight is 353 g/mol. The Balaban J connectivity index is 2.78. The summed E-state index contributed by atoms with van der Waals surface area (Å²) in [5.74, 6) is -0.154. The SMILES string of the molecule is CCCS(=O)(=O)NCCN(C(C)=O)c1cc(Cl)cc(Cl)c1. The number of nitrogens with one attached hydrogen (secondary N) is 1. The van der Waals surface area contributed by atoms with E-state index in [1.807, 2.05) is 0 Å². The number of nitrogens with zero attached hydrogens (tertiary/aromatic N) is 1. The summed E-state index contributed by atoms with van der Waals surface area (Å²) in [6.45, 7) is 3.52. The van der Waals surface area contributed by atoms with E-state index >= 15 is 0 Å². The van der Waals surface area contributed by atoms with Gasteiger partial charge in [-0.1, -0.05) is 30.1 Å². The standard InChI is InChI=1S/C13H18Cl2N2O3S/c1-3-6-21(19,20)16-4-5-17(10(2)18)13-8-11(14)7-12(15)9-13/h7-9,16H,3-6H2,1-2H3. The van der Waals surface area contributed by atoms with Crippen LogP contribution in [0.4, 0.5) is 5.69 Å². The number of hydrogen-bond donors (Lipinski definition) is 1. The topological polar surface area (TPSA) is 66.5 Å². The Hall–Kier alpha value is -0.820. The second-order valence-electron chi connectivity index (χ2n) is 4.51. The summed E-state index contributed by atoms with van der Waals surface area (Å²) in [7, 11) is -3.29. The minimum atomic E-state index is -3.29. The summed E-state index contributed by atoms with van der Waals surface area (Å²) in [6.07, 6.45) is 0.537. The van der Waals surface area contributed by atoms with Gasteiger partial charge in [0, 0.05) is 35.7 Å². The van der Waals surface area contributed by atoms with Crippen molar-refractivity contribution < 1.29 is 13.2 Å². The molecule has 0 spiro atoms. The number of rotatable bonds is 7. The third-order valence-corrected chi connectivity index (χ3v) is 4.70. The van der Waals surface area contributed by atoms with Crippen molar-refractivity contribution in [2.45, 2.75) is 20.3 Å². The van der Waals surface area contributed by atoms with Gasteiger partial charge in [-0.2, -0.15) is 0 Å². The van der Waals surface area contributed by atoms with E-state index in [0.29, 0.717) is 22.2 Å². The van der Waals surface area contributed by atoms with Crippen LogP contribution >= 0.6 is 23.2 Å². The Kier molecular flexibility index (Phi) is 6.93. The lowest BCUT2D eigenvalue weighted by Gasteiger charge is -2.22. The predicted molar refractivity (Wildman–Crippen MR) is 86.6 cm³/mol. The van der Waals surface area contributed by atoms with Gasteiger partial charge >= 0.3 is 0 Å². The van der Waals surface area contributed by atoms with Gasteiger partial charge in [-0.15, -0.1) is 0 Å². The molecule has 0 fully saturated rings. The van der Waals surface area contributed by atoms with Crippen LogP contribution in [0.3, 0.4) is 0 Å². The van der Waals surface area contributed by atoms with E-state index < -0.39 is 10.0 Å². The highest BCUT2D eigenvalue weighted by molar-refractivity contribution is 7.89. The van der Waals surface area contributed by atoms with Crippen LogP contribution in [0.5, 0.6) is 0 Å². The maximum Gasteiger partial charge on any atom is 0.223 e.